The Kier molecular flexibility index (Phi) is 3.36. The van der Waals surface area contributed by atoms with Crippen molar-refractivity contribution in [1.82, 2.24) is 4.57 Å². The second kappa shape index (κ2) is 5.41. The fourth-order valence-corrected chi connectivity index (χ4v) is 4.01. The number of para-hydroxylation sites is 1. The van der Waals surface area contributed by atoms with Crippen LogP contribution in [0.15, 0.2) is 53.9 Å². The number of aromatic nitrogens is 1. The Morgan fingerprint density at radius 3 is 2.83 bits per heavy atom. The second-order valence-electron chi connectivity index (χ2n) is 5.38. The first-order valence-electron chi connectivity index (χ1n) is 7.10. The van der Waals surface area contributed by atoms with E-state index in [0.717, 1.165) is 26.6 Å². The number of carboxylic acid groups (broad SMARTS) is 1. The molecule has 0 saturated carbocycles. The van der Waals surface area contributed by atoms with Crippen LogP contribution in [0.1, 0.15) is 16.1 Å². The molecule has 114 valence electrons. The monoisotopic (exact) mass is 341 g/mol. The average Bonchev–Trinajstić information content (AvgIpc) is 3.10. The minimum Gasteiger partial charge on any atom is -0.477 e. The quantitative estimate of drug-likeness (QED) is 0.552. The molecule has 0 amide bonds. The number of aromatic carboxylic acids is 1. The van der Waals surface area contributed by atoms with Gasteiger partial charge in [0.1, 0.15) is 5.69 Å². The van der Waals surface area contributed by atoms with Crippen molar-refractivity contribution in [2.45, 2.75) is 6.54 Å². The first-order chi connectivity index (χ1) is 11.1. The lowest BCUT2D eigenvalue weighted by atomic mass is 10.1. The molecule has 23 heavy (non-hydrogen) atoms. The van der Waals surface area contributed by atoms with Crippen LogP contribution < -0.4 is 0 Å². The van der Waals surface area contributed by atoms with Gasteiger partial charge >= 0.3 is 5.97 Å². The molecule has 0 saturated heterocycles. The molecule has 0 aliphatic rings. The predicted molar refractivity (Wildman–Crippen MR) is 94.8 cm³/mol. The lowest BCUT2D eigenvalue weighted by Crippen LogP contribution is -2.09. The van der Waals surface area contributed by atoms with E-state index in [1.54, 1.807) is 17.4 Å². The third-order valence-corrected chi connectivity index (χ3v) is 5.22. The molecule has 2 heterocycles. The highest BCUT2D eigenvalue weighted by atomic mass is 35.5. The zero-order chi connectivity index (χ0) is 16.0. The minimum atomic E-state index is -0.918. The second-order valence-corrected chi connectivity index (χ2v) is 6.73. The Labute approximate surface area is 141 Å². The summed E-state index contributed by atoms with van der Waals surface area (Å²) in [7, 11) is 0. The molecule has 0 unspecified atom stereocenters. The Hall–Kier alpha value is -2.30. The molecule has 0 fully saturated rings. The third kappa shape index (κ3) is 2.40. The molecule has 2 aromatic carbocycles. The van der Waals surface area contributed by atoms with E-state index in [0.29, 0.717) is 17.3 Å². The van der Waals surface area contributed by atoms with E-state index in [9.17, 15) is 9.90 Å². The summed E-state index contributed by atoms with van der Waals surface area (Å²) < 4.78 is 3.00. The van der Waals surface area contributed by atoms with Gasteiger partial charge in [0.2, 0.25) is 0 Å². The molecule has 1 N–H and O–H groups in total. The fraction of sp³-hybridized carbons (Fsp3) is 0.0556. The summed E-state index contributed by atoms with van der Waals surface area (Å²) in [5, 5.41) is 14.3. The van der Waals surface area contributed by atoms with Crippen molar-refractivity contribution in [3.8, 4) is 0 Å². The highest BCUT2D eigenvalue weighted by Crippen LogP contribution is 2.31. The largest absolute Gasteiger partial charge is 0.477 e. The third-order valence-electron chi connectivity index (χ3n) is 3.97. The van der Waals surface area contributed by atoms with E-state index in [1.165, 1.54) is 0 Å². The predicted octanol–water partition coefficient (Wildman–Crippen LogP) is 5.26. The number of carboxylic acids is 1. The minimum absolute atomic E-state index is 0.299. The standard InChI is InChI=1S/C18H12ClNO2S/c19-13-5-6-17-14(8-13)12(10-23-17)9-20-15-4-2-1-3-11(15)7-16(20)18(21)22/h1-8,10H,9H2,(H,21,22). The SMILES string of the molecule is O=C(O)c1cc2ccccc2n1Cc1csc2ccc(Cl)cc12. The lowest BCUT2D eigenvalue weighted by molar-refractivity contribution is 0.0686. The first-order valence-corrected chi connectivity index (χ1v) is 8.36. The Morgan fingerprint density at radius 2 is 2.00 bits per heavy atom. The van der Waals surface area contributed by atoms with Gasteiger partial charge in [-0.25, -0.2) is 4.79 Å². The van der Waals surface area contributed by atoms with Crippen LogP contribution in [0.2, 0.25) is 5.02 Å². The first kappa shape index (κ1) is 14.3. The molecule has 4 rings (SSSR count). The molecule has 5 heteroatoms. The van der Waals surface area contributed by atoms with Crippen molar-refractivity contribution in [1.29, 1.82) is 0 Å². The van der Waals surface area contributed by atoms with E-state index >= 15 is 0 Å². The van der Waals surface area contributed by atoms with Crippen molar-refractivity contribution >= 4 is 49.9 Å². The molecule has 3 nitrogen and oxygen atoms in total. The van der Waals surface area contributed by atoms with Gasteiger partial charge in [-0.1, -0.05) is 29.8 Å². The smallest absolute Gasteiger partial charge is 0.352 e. The average molecular weight is 342 g/mol. The van der Waals surface area contributed by atoms with Crippen molar-refractivity contribution in [2.75, 3.05) is 0 Å². The van der Waals surface area contributed by atoms with Crippen LogP contribution in [0.3, 0.4) is 0 Å². The Morgan fingerprint density at radius 1 is 1.17 bits per heavy atom. The summed E-state index contributed by atoms with van der Waals surface area (Å²) in [5.74, 6) is -0.918. The molecular weight excluding hydrogens is 330 g/mol. The summed E-state index contributed by atoms with van der Waals surface area (Å²) in [6.07, 6.45) is 0. The van der Waals surface area contributed by atoms with Gasteiger partial charge in [0, 0.05) is 27.2 Å². The van der Waals surface area contributed by atoms with Crippen LogP contribution >= 0.6 is 22.9 Å². The maximum absolute atomic E-state index is 11.6. The van der Waals surface area contributed by atoms with Gasteiger partial charge in [0.15, 0.2) is 0 Å². The highest BCUT2D eigenvalue weighted by Gasteiger charge is 2.16. The van der Waals surface area contributed by atoms with Crippen molar-refractivity contribution < 1.29 is 9.90 Å². The van der Waals surface area contributed by atoms with E-state index in [1.807, 2.05) is 47.0 Å². The van der Waals surface area contributed by atoms with E-state index in [4.69, 9.17) is 11.6 Å². The fourth-order valence-electron chi connectivity index (χ4n) is 2.90. The molecule has 0 atom stereocenters. The van der Waals surface area contributed by atoms with Crippen LogP contribution in [-0.2, 0) is 6.54 Å². The number of carbonyl (C=O) groups is 1. The zero-order valence-corrected chi connectivity index (χ0v) is 13.6. The maximum atomic E-state index is 11.6. The number of hydrogen-bond donors (Lipinski definition) is 1. The van der Waals surface area contributed by atoms with Gasteiger partial charge in [-0.15, -0.1) is 11.3 Å². The van der Waals surface area contributed by atoms with E-state index in [-0.39, 0.29) is 0 Å². The maximum Gasteiger partial charge on any atom is 0.352 e. The summed E-state index contributed by atoms with van der Waals surface area (Å²) in [6, 6.07) is 15.2. The van der Waals surface area contributed by atoms with Gasteiger partial charge in [-0.05, 0) is 46.7 Å². The molecule has 0 radical (unpaired) electrons. The van der Waals surface area contributed by atoms with Crippen LogP contribution in [0, 0.1) is 0 Å². The molecule has 0 bridgehead atoms. The molecular formula is C18H12ClNO2S. The van der Waals surface area contributed by atoms with Crippen molar-refractivity contribution in [2.24, 2.45) is 0 Å². The van der Waals surface area contributed by atoms with Crippen molar-refractivity contribution in [3.05, 3.63) is 70.2 Å². The summed E-state index contributed by atoms with van der Waals surface area (Å²) in [4.78, 5) is 11.6. The lowest BCUT2D eigenvalue weighted by Gasteiger charge is -2.08. The number of hydrogen-bond acceptors (Lipinski definition) is 2. The summed E-state index contributed by atoms with van der Waals surface area (Å²) in [6.45, 7) is 0.509. The molecule has 4 aromatic rings. The normalized spacial score (nSPS) is 11.3. The van der Waals surface area contributed by atoms with E-state index in [2.05, 4.69) is 5.38 Å². The number of halogens is 1. The van der Waals surface area contributed by atoms with Crippen LogP contribution in [0.4, 0.5) is 0 Å². The number of benzene rings is 2. The van der Waals surface area contributed by atoms with E-state index < -0.39 is 5.97 Å². The van der Waals surface area contributed by atoms with Gasteiger partial charge in [0.25, 0.3) is 0 Å². The molecule has 2 aromatic heterocycles. The summed E-state index contributed by atoms with van der Waals surface area (Å²) in [5.41, 5.74) is 2.30. The van der Waals surface area contributed by atoms with Gasteiger partial charge in [0.05, 0.1) is 0 Å². The van der Waals surface area contributed by atoms with Crippen molar-refractivity contribution in [3.63, 3.8) is 0 Å². The van der Waals surface area contributed by atoms with Gasteiger partial charge in [-0.3, -0.25) is 0 Å². The zero-order valence-electron chi connectivity index (χ0n) is 12.0. The van der Waals surface area contributed by atoms with Crippen LogP contribution in [0.5, 0.6) is 0 Å². The number of thiophene rings is 1. The number of nitrogens with zero attached hydrogens (tertiary/aromatic N) is 1. The topological polar surface area (TPSA) is 42.2 Å². The molecule has 0 aliphatic carbocycles. The number of fused-ring (bicyclic) bond motifs is 2. The Bertz CT molecular complexity index is 1050. The van der Waals surface area contributed by atoms with Crippen LogP contribution in [0.25, 0.3) is 21.0 Å². The molecule has 0 aliphatic heterocycles. The highest BCUT2D eigenvalue weighted by molar-refractivity contribution is 7.17. The summed E-state index contributed by atoms with van der Waals surface area (Å²) >= 11 is 7.75. The van der Waals surface area contributed by atoms with Gasteiger partial charge in [-0.2, -0.15) is 0 Å². The number of rotatable bonds is 3. The Balaban J connectivity index is 1.90. The van der Waals surface area contributed by atoms with Gasteiger partial charge < -0.3 is 9.67 Å². The van der Waals surface area contributed by atoms with Crippen LogP contribution in [-0.4, -0.2) is 15.6 Å². The molecule has 0 spiro atoms.